The molecule has 0 aliphatic rings. The van der Waals surface area contributed by atoms with Crippen molar-refractivity contribution in [1.82, 2.24) is 15.6 Å². The van der Waals surface area contributed by atoms with Gasteiger partial charge >= 0.3 is 0 Å². The van der Waals surface area contributed by atoms with Crippen molar-refractivity contribution < 1.29 is 9.42 Å². The topological polar surface area (TPSA) is 94.0 Å². The Labute approximate surface area is 89.0 Å². The predicted molar refractivity (Wildman–Crippen MR) is 54.2 cm³/mol. The third-order valence-electron chi connectivity index (χ3n) is 1.73. The van der Waals surface area contributed by atoms with Crippen LogP contribution in [0, 0.1) is 0 Å². The molecule has 0 saturated carbocycles. The molecule has 0 bridgehead atoms. The van der Waals surface area contributed by atoms with E-state index in [1.54, 1.807) is 11.3 Å². The van der Waals surface area contributed by atoms with Crippen molar-refractivity contribution in [2.45, 2.75) is 6.54 Å². The van der Waals surface area contributed by atoms with Gasteiger partial charge in [-0.3, -0.25) is 4.79 Å². The predicted octanol–water partition coefficient (Wildman–Crippen LogP) is 0.643. The normalized spacial score (nSPS) is 10.1. The molecule has 78 valence electrons. The smallest absolute Gasteiger partial charge is 0.277 e. The molecule has 15 heavy (non-hydrogen) atoms. The number of nitrogens with one attached hydrogen (secondary N) is 1. The molecule has 0 saturated heterocycles. The first-order valence-corrected chi connectivity index (χ1v) is 5.04. The first-order chi connectivity index (χ1) is 7.27. The van der Waals surface area contributed by atoms with Crippen molar-refractivity contribution in [1.29, 1.82) is 0 Å². The van der Waals surface area contributed by atoms with E-state index in [-0.39, 0.29) is 17.4 Å². The van der Waals surface area contributed by atoms with Crippen molar-refractivity contribution in [2.75, 3.05) is 5.73 Å². The second-order valence-corrected chi connectivity index (χ2v) is 3.79. The van der Waals surface area contributed by atoms with Crippen LogP contribution in [-0.2, 0) is 6.54 Å². The zero-order chi connectivity index (χ0) is 10.7. The lowest BCUT2D eigenvalue weighted by Gasteiger charge is -1.99. The SMILES string of the molecule is Nc1nonc1C(=O)NCc1cccs1. The maximum absolute atomic E-state index is 11.5. The lowest BCUT2D eigenvalue weighted by Crippen LogP contribution is -2.23. The average molecular weight is 224 g/mol. The van der Waals surface area contributed by atoms with E-state index in [1.165, 1.54) is 0 Å². The number of hydrogen-bond donors (Lipinski definition) is 2. The Morgan fingerprint density at radius 1 is 1.60 bits per heavy atom. The van der Waals surface area contributed by atoms with Crippen molar-refractivity contribution in [3.63, 3.8) is 0 Å². The highest BCUT2D eigenvalue weighted by atomic mass is 32.1. The van der Waals surface area contributed by atoms with Crippen LogP contribution in [0.1, 0.15) is 15.4 Å². The fourth-order valence-electron chi connectivity index (χ4n) is 1.02. The molecule has 0 atom stereocenters. The maximum atomic E-state index is 11.5. The molecular weight excluding hydrogens is 216 g/mol. The number of hydrogen-bond acceptors (Lipinski definition) is 6. The van der Waals surface area contributed by atoms with E-state index in [0.717, 1.165) is 4.88 Å². The quantitative estimate of drug-likeness (QED) is 0.798. The summed E-state index contributed by atoms with van der Waals surface area (Å²) in [7, 11) is 0. The Balaban J connectivity index is 1.96. The van der Waals surface area contributed by atoms with Gasteiger partial charge in [0.2, 0.25) is 11.5 Å². The number of amides is 1. The minimum atomic E-state index is -0.387. The van der Waals surface area contributed by atoms with Gasteiger partial charge in [0.15, 0.2) is 0 Å². The number of rotatable bonds is 3. The van der Waals surface area contributed by atoms with Gasteiger partial charge in [-0.2, -0.15) is 0 Å². The Morgan fingerprint density at radius 3 is 3.07 bits per heavy atom. The standard InChI is InChI=1S/C8H8N4O2S/c9-7-6(11-14-12-7)8(13)10-4-5-2-1-3-15-5/h1-3H,4H2,(H2,9,12)(H,10,13). The van der Waals surface area contributed by atoms with E-state index < -0.39 is 0 Å². The molecule has 2 aromatic rings. The van der Waals surface area contributed by atoms with Crippen LogP contribution in [0.2, 0.25) is 0 Å². The summed E-state index contributed by atoms with van der Waals surface area (Å²) in [5, 5.41) is 11.3. The van der Waals surface area contributed by atoms with Crippen molar-refractivity contribution in [3.05, 3.63) is 28.1 Å². The monoisotopic (exact) mass is 224 g/mol. The molecular formula is C8H8N4O2S. The minimum absolute atomic E-state index is 0.00122. The van der Waals surface area contributed by atoms with E-state index in [2.05, 4.69) is 20.3 Å². The van der Waals surface area contributed by atoms with Crippen molar-refractivity contribution >= 4 is 23.1 Å². The second kappa shape index (κ2) is 4.09. The van der Waals surface area contributed by atoms with Gasteiger partial charge in [0, 0.05) is 4.88 Å². The number of nitrogens with two attached hydrogens (primary N) is 1. The van der Waals surface area contributed by atoms with Crippen LogP contribution in [0.25, 0.3) is 0 Å². The minimum Gasteiger partial charge on any atom is -0.379 e. The summed E-state index contributed by atoms with van der Waals surface area (Å²) in [4.78, 5) is 12.5. The number of nitrogen functional groups attached to an aromatic ring is 1. The van der Waals surface area contributed by atoms with Gasteiger partial charge in [0.1, 0.15) is 0 Å². The fourth-order valence-corrected chi connectivity index (χ4v) is 1.66. The van der Waals surface area contributed by atoms with E-state index in [1.807, 2.05) is 17.5 Å². The Kier molecular flexibility index (Phi) is 2.64. The lowest BCUT2D eigenvalue weighted by molar-refractivity contribution is 0.0942. The summed E-state index contributed by atoms with van der Waals surface area (Å²) < 4.78 is 4.32. The van der Waals surface area contributed by atoms with Crippen LogP contribution < -0.4 is 11.1 Å². The zero-order valence-electron chi connectivity index (χ0n) is 7.64. The molecule has 2 rings (SSSR count). The summed E-state index contributed by atoms with van der Waals surface area (Å²) in [6.45, 7) is 0.447. The summed E-state index contributed by atoms with van der Waals surface area (Å²) in [5.41, 5.74) is 5.38. The highest BCUT2D eigenvalue weighted by Gasteiger charge is 2.15. The number of thiophene rings is 1. The van der Waals surface area contributed by atoms with E-state index in [9.17, 15) is 4.79 Å². The molecule has 6 nitrogen and oxygen atoms in total. The van der Waals surface area contributed by atoms with Gasteiger partial charge in [0.25, 0.3) is 5.91 Å². The van der Waals surface area contributed by atoms with E-state index >= 15 is 0 Å². The van der Waals surface area contributed by atoms with Crippen molar-refractivity contribution in [3.8, 4) is 0 Å². The van der Waals surface area contributed by atoms with Gasteiger partial charge < -0.3 is 11.1 Å². The van der Waals surface area contributed by atoms with E-state index in [4.69, 9.17) is 5.73 Å². The van der Waals surface area contributed by atoms with Gasteiger partial charge in [-0.15, -0.1) is 11.3 Å². The summed E-state index contributed by atoms with van der Waals surface area (Å²) in [6, 6.07) is 3.84. The summed E-state index contributed by atoms with van der Waals surface area (Å²) >= 11 is 1.56. The molecule has 0 aliphatic heterocycles. The number of carbonyl (C=O) groups is 1. The number of anilines is 1. The molecule has 7 heteroatoms. The van der Waals surface area contributed by atoms with Crippen LogP contribution >= 0.6 is 11.3 Å². The lowest BCUT2D eigenvalue weighted by atomic mass is 10.4. The first kappa shape index (κ1) is 9.66. The molecule has 1 amide bonds. The van der Waals surface area contributed by atoms with Crippen LogP contribution in [0.4, 0.5) is 5.82 Å². The van der Waals surface area contributed by atoms with Gasteiger partial charge in [0.05, 0.1) is 6.54 Å². The Bertz CT molecular complexity index is 451. The Hall–Kier alpha value is -1.89. The van der Waals surface area contributed by atoms with Crippen molar-refractivity contribution in [2.24, 2.45) is 0 Å². The van der Waals surface area contributed by atoms with Crippen LogP contribution in [0.5, 0.6) is 0 Å². The number of aromatic nitrogens is 2. The highest BCUT2D eigenvalue weighted by molar-refractivity contribution is 7.09. The third-order valence-corrected chi connectivity index (χ3v) is 2.61. The molecule has 2 aromatic heterocycles. The highest BCUT2D eigenvalue weighted by Crippen LogP contribution is 2.08. The van der Waals surface area contributed by atoms with Crippen LogP contribution in [0.15, 0.2) is 22.1 Å². The molecule has 0 unspecified atom stereocenters. The molecule has 0 aliphatic carbocycles. The molecule has 0 radical (unpaired) electrons. The largest absolute Gasteiger partial charge is 0.379 e. The first-order valence-electron chi connectivity index (χ1n) is 4.16. The summed E-state index contributed by atoms with van der Waals surface area (Å²) in [6.07, 6.45) is 0. The molecule has 0 aromatic carbocycles. The number of nitrogens with zero attached hydrogens (tertiary/aromatic N) is 2. The molecule has 3 N–H and O–H groups in total. The molecule has 0 spiro atoms. The van der Waals surface area contributed by atoms with E-state index in [0.29, 0.717) is 6.54 Å². The molecule has 0 fully saturated rings. The third kappa shape index (κ3) is 2.13. The average Bonchev–Trinajstić information content (AvgIpc) is 2.84. The summed E-state index contributed by atoms with van der Waals surface area (Å²) in [5.74, 6) is -0.388. The maximum Gasteiger partial charge on any atom is 0.277 e. The van der Waals surface area contributed by atoms with Gasteiger partial charge in [-0.25, -0.2) is 4.63 Å². The fraction of sp³-hybridized carbons (Fsp3) is 0.125. The van der Waals surface area contributed by atoms with Gasteiger partial charge in [-0.05, 0) is 21.8 Å². The number of carbonyl (C=O) groups excluding carboxylic acids is 1. The Morgan fingerprint density at radius 2 is 2.47 bits per heavy atom. The van der Waals surface area contributed by atoms with Crippen LogP contribution in [-0.4, -0.2) is 16.2 Å². The second-order valence-electron chi connectivity index (χ2n) is 2.76. The van der Waals surface area contributed by atoms with Gasteiger partial charge in [-0.1, -0.05) is 6.07 Å². The zero-order valence-corrected chi connectivity index (χ0v) is 8.45. The van der Waals surface area contributed by atoms with Crippen LogP contribution in [0.3, 0.4) is 0 Å². The molecule has 2 heterocycles.